The van der Waals surface area contributed by atoms with E-state index in [4.69, 9.17) is 11.6 Å². The van der Waals surface area contributed by atoms with Crippen molar-refractivity contribution in [1.82, 2.24) is 4.72 Å². The zero-order chi connectivity index (χ0) is 21.1. The number of amides is 1. The molecule has 150 valence electrons. The number of hydrogen-bond donors (Lipinski definition) is 3. The molecule has 0 fully saturated rings. The summed E-state index contributed by atoms with van der Waals surface area (Å²) in [4.78, 5) is 13.8. The second kappa shape index (κ2) is 8.64. The Balaban J connectivity index is 2.16. The molecular weight excluding hydrogens is 404 g/mol. The van der Waals surface area contributed by atoms with Crippen molar-refractivity contribution in [3.63, 3.8) is 0 Å². The monoisotopic (exact) mass is 424 g/mol. The summed E-state index contributed by atoms with van der Waals surface area (Å²) < 4.78 is 26.8. The number of aromatic hydroxyl groups is 2. The SMILES string of the molecule is CC(C)NS(=O)(=O)c1ccc(N(C)C(=O)/C=C/c2ccc(O)c(O)c2Cl)cc1. The quantitative estimate of drug-likeness (QED) is 0.488. The van der Waals surface area contributed by atoms with E-state index in [0.717, 1.165) is 0 Å². The van der Waals surface area contributed by atoms with Gasteiger partial charge in [0.2, 0.25) is 10.0 Å². The highest BCUT2D eigenvalue weighted by Gasteiger charge is 2.16. The fourth-order valence-corrected chi connectivity index (χ4v) is 3.80. The van der Waals surface area contributed by atoms with Gasteiger partial charge >= 0.3 is 0 Å². The third kappa shape index (κ3) is 5.03. The first-order chi connectivity index (χ1) is 13.0. The number of phenols is 2. The third-order valence-electron chi connectivity index (χ3n) is 3.79. The first-order valence-corrected chi connectivity index (χ1v) is 10.2. The Morgan fingerprint density at radius 3 is 2.32 bits per heavy atom. The Morgan fingerprint density at radius 1 is 1.14 bits per heavy atom. The van der Waals surface area contributed by atoms with E-state index in [-0.39, 0.29) is 27.6 Å². The lowest BCUT2D eigenvalue weighted by atomic mass is 10.2. The van der Waals surface area contributed by atoms with Crippen LogP contribution in [-0.4, -0.2) is 37.6 Å². The van der Waals surface area contributed by atoms with Crippen LogP contribution in [0.5, 0.6) is 11.5 Å². The average Bonchev–Trinajstić information content (AvgIpc) is 2.64. The summed E-state index contributed by atoms with van der Waals surface area (Å²) in [6.07, 6.45) is 2.66. The van der Waals surface area contributed by atoms with Gasteiger partial charge in [0, 0.05) is 24.9 Å². The van der Waals surface area contributed by atoms with Crippen LogP contribution in [-0.2, 0) is 14.8 Å². The molecule has 0 radical (unpaired) electrons. The number of likely N-dealkylation sites (N-methyl/N-ethyl adjacent to an activating group) is 1. The third-order valence-corrected chi connectivity index (χ3v) is 5.86. The summed E-state index contributed by atoms with van der Waals surface area (Å²) in [5.41, 5.74) is 0.859. The molecule has 0 unspecified atom stereocenters. The lowest BCUT2D eigenvalue weighted by Gasteiger charge is -2.16. The van der Waals surface area contributed by atoms with Gasteiger partial charge in [-0.1, -0.05) is 11.6 Å². The Kier molecular flexibility index (Phi) is 6.71. The highest BCUT2D eigenvalue weighted by atomic mass is 35.5. The van der Waals surface area contributed by atoms with Crippen LogP contribution in [0.3, 0.4) is 0 Å². The molecule has 0 aromatic heterocycles. The van der Waals surface area contributed by atoms with Gasteiger partial charge in [-0.05, 0) is 61.9 Å². The average molecular weight is 425 g/mol. The van der Waals surface area contributed by atoms with Crippen molar-refractivity contribution >= 4 is 39.3 Å². The van der Waals surface area contributed by atoms with E-state index in [0.29, 0.717) is 11.3 Å². The minimum atomic E-state index is -3.61. The number of halogens is 1. The van der Waals surface area contributed by atoms with Crippen LogP contribution >= 0.6 is 11.6 Å². The Bertz CT molecular complexity index is 1000. The molecule has 0 aliphatic heterocycles. The smallest absolute Gasteiger partial charge is 0.250 e. The fraction of sp³-hybridized carbons (Fsp3) is 0.211. The van der Waals surface area contributed by atoms with E-state index in [2.05, 4.69) is 4.72 Å². The Morgan fingerprint density at radius 2 is 1.75 bits per heavy atom. The number of carbonyl (C=O) groups excluding carboxylic acids is 1. The second-order valence-electron chi connectivity index (χ2n) is 6.34. The minimum Gasteiger partial charge on any atom is -0.504 e. The molecule has 9 heteroatoms. The van der Waals surface area contributed by atoms with Crippen LogP contribution in [0.4, 0.5) is 5.69 Å². The fourth-order valence-electron chi connectivity index (χ4n) is 2.33. The van der Waals surface area contributed by atoms with Crippen LogP contribution < -0.4 is 9.62 Å². The molecule has 2 aromatic carbocycles. The van der Waals surface area contributed by atoms with Gasteiger partial charge in [0.05, 0.1) is 9.92 Å². The van der Waals surface area contributed by atoms with Gasteiger partial charge in [0.25, 0.3) is 5.91 Å². The molecule has 0 spiro atoms. The largest absolute Gasteiger partial charge is 0.504 e. The molecular formula is C19H21ClN2O5S. The molecule has 28 heavy (non-hydrogen) atoms. The molecule has 1 amide bonds. The maximum atomic E-state index is 12.4. The number of nitrogens with one attached hydrogen (secondary N) is 1. The molecule has 0 atom stereocenters. The number of nitrogens with zero attached hydrogens (tertiary/aromatic N) is 1. The van der Waals surface area contributed by atoms with Gasteiger partial charge in [-0.2, -0.15) is 0 Å². The van der Waals surface area contributed by atoms with Gasteiger partial charge in [-0.25, -0.2) is 13.1 Å². The molecule has 7 nitrogen and oxygen atoms in total. The van der Waals surface area contributed by atoms with Crippen molar-refractivity contribution in [3.8, 4) is 11.5 Å². The molecule has 0 aliphatic rings. The zero-order valence-corrected chi connectivity index (χ0v) is 17.1. The summed E-state index contributed by atoms with van der Waals surface area (Å²) >= 11 is 5.93. The van der Waals surface area contributed by atoms with E-state index >= 15 is 0 Å². The summed E-state index contributed by atoms with van der Waals surface area (Å²) in [6, 6.07) is 8.39. The van der Waals surface area contributed by atoms with E-state index in [1.54, 1.807) is 20.9 Å². The molecule has 0 saturated carbocycles. The van der Waals surface area contributed by atoms with Crippen molar-refractivity contribution in [2.75, 3.05) is 11.9 Å². The molecule has 0 bridgehead atoms. The van der Waals surface area contributed by atoms with E-state index < -0.39 is 15.8 Å². The first kappa shape index (κ1) is 21.7. The molecule has 2 aromatic rings. The number of phenolic OH excluding ortho intramolecular Hbond substituents is 2. The van der Waals surface area contributed by atoms with Crippen molar-refractivity contribution in [3.05, 3.63) is 53.1 Å². The number of rotatable bonds is 6. The number of hydrogen-bond acceptors (Lipinski definition) is 5. The minimum absolute atomic E-state index is 0.0704. The van der Waals surface area contributed by atoms with Crippen LogP contribution in [0.15, 0.2) is 47.4 Å². The summed E-state index contributed by atoms with van der Waals surface area (Å²) in [5, 5.41) is 18.9. The number of carbonyl (C=O) groups is 1. The van der Waals surface area contributed by atoms with Gasteiger partial charge in [-0.15, -0.1) is 0 Å². The predicted octanol–water partition coefficient (Wildman–Crippen LogP) is 3.11. The van der Waals surface area contributed by atoms with Gasteiger partial charge in [-0.3, -0.25) is 4.79 Å². The number of sulfonamides is 1. The molecule has 0 heterocycles. The standard InChI is InChI=1S/C19H21ClN2O5S/c1-12(2)21-28(26,27)15-8-6-14(7-9-15)22(3)17(24)11-5-13-4-10-16(23)19(25)18(13)20/h4-12,21,23,25H,1-3H3/b11-5+. The number of anilines is 1. The molecule has 2 rings (SSSR count). The van der Waals surface area contributed by atoms with Crippen molar-refractivity contribution in [1.29, 1.82) is 0 Å². The van der Waals surface area contributed by atoms with Crippen molar-refractivity contribution < 1.29 is 23.4 Å². The lowest BCUT2D eigenvalue weighted by molar-refractivity contribution is -0.113. The van der Waals surface area contributed by atoms with E-state index in [1.165, 1.54) is 53.5 Å². The second-order valence-corrected chi connectivity index (χ2v) is 8.43. The van der Waals surface area contributed by atoms with Crippen LogP contribution in [0.2, 0.25) is 5.02 Å². The Labute approximate surface area is 168 Å². The molecule has 3 N–H and O–H groups in total. The maximum absolute atomic E-state index is 12.4. The molecule has 0 aliphatic carbocycles. The van der Waals surface area contributed by atoms with Gasteiger partial charge in [0.1, 0.15) is 0 Å². The van der Waals surface area contributed by atoms with Crippen molar-refractivity contribution in [2.45, 2.75) is 24.8 Å². The maximum Gasteiger partial charge on any atom is 0.250 e. The summed E-state index contributed by atoms with van der Waals surface area (Å²) in [5.74, 6) is -1.21. The lowest BCUT2D eigenvalue weighted by Crippen LogP contribution is -2.30. The van der Waals surface area contributed by atoms with Crippen LogP contribution in [0.25, 0.3) is 6.08 Å². The first-order valence-electron chi connectivity index (χ1n) is 8.31. The zero-order valence-electron chi connectivity index (χ0n) is 15.5. The normalized spacial score (nSPS) is 11.9. The molecule has 0 saturated heterocycles. The van der Waals surface area contributed by atoms with Crippen LogP contribution in [0, 0.1) is 0 Å². The highest BCUT2D eigenvalue weighted by Crippen LogP contribution is 2.35. The van der Waals surface area contributed by atoms with E-state index in [9.17, 15) is 23.4 Å². The van der Waals surface area contributed by atoms with Gasteiger partial charge in [0.15, 0.2) is 11.5 Å². The van der Waals surface area contributed by atoms with Crippen molar-refractivity contribution in [2.24, 2.45) is 0 Å². The van der Waals surface area contributed by atoms with Gasteiger partial charge < -0.3 is 15.1 Å². The predicted molar refractivity (Wildman–Crippen MR) is 109 cm³/mol. The van der Waals surface area contributed by atoms with Crippen LogP contribution in [0.1, 0.15) is 19.4 Å². The summed E-state index contributed by atoms with van der Waals surface area (Å²) in [7, 11) is -2.07. The highest BCUT2D eigenvalue weighted by molar-refractivity contribution is 7.89. The summed E-state index contributed by atoms with van der Waals surface area (Å²) in [6.45, 7) is 3.45. The topological polar surface area (TPSA) is 107 Å². The number of benzene rings is 2. The van der Waals surface area contributed by atoms with E-state index in [1.807, 2.05) is 0 Å². The Hall–Kier alpha value is -2.55.